The number of hydrogen-bond acceptors (Lipinski definition) is 6. The van der Waals surface area contributed by atoms with Gasteiger partial charge in [-0.15, -0.1) is 11.3 Å². The summed E-state index contributed by atoms with van der Waals surface area (Å²) in [7, 11) is 0. The zero-order chi connectivity index (χ0) is 16.7. The molecule has 1 fully saturated rings. The van der Waals surface area contributed by atoms with Crippen LogP contribution < -0.4 is 10.6 Å². The van der Waals surface area contributed by atoms with E-state index >= 15 is 0 Å². The maximum Gasteiger partial charge on any atom is 0.316 e. The molecule has 3 heterocycles. The number of hydrogen-bond donors (Lipinski definition) is 2. The van der Waals surface area contributed by atoms with Crippen LogP contribution in [0.2, 0.25) is 0 Å². The monoisotopic (exact) mass is 334 g/mol. The first kappa shape index (κ1) is 16.1. The molecular formula is C16H22N4O2S. The molecule has 3 rings (SSSR count). The van der Waals surface area contributed by atoms with Crippen LogP contribution in [0, 0.1) is 0 Å². The fourth-order valence-electron chi connectivity index (χ4n) is 3.49. The lowest BCUT2D eigenvalue weighted by Crippen LogP contribution is -2.62. The van der Waals surface area contributed by atoms with Crippen LogP contribution in [0.4, 0.5) is 0 Å². The fourth-order valence-corrected chi connectivity index (χ4v) is 4.14. The van der Waals surface area contributed by atoms with E-state index in [1.54, 1.807) is 0 Å². The Morgan fingerprint density at radius 1 is 1.35 bits per heavy atom. The Hall–Kier alpha value is -1.73. The standard InChI is InChI=1S/C16H22N4O2S/c1-15(2)8-10(9-16(3,4)20-15)17-13(21)14-18-12(19-22-14)11-6-5-7-23-11/h5-7,10,20H,8-9H2,1-4H3,(H,17,21). The predicted octanol–water partition coefficient (Wildman–Crippen LogP) is 2.84. The summed E-state index contributed by atoms with van der Waals surface area (Å²) in [5, 5.41) is 12.4. The van der Waals surface area contributed by atoms with Gasteiger partial charge in [0.25, 0.3) is 0 Å². The van der Waals surface area contributed by atoms with Crippen LogP contribution in [-0.4, -0.2) is 33.2 Å². The molecule has 2 aromatic heterocycles. The van der Waals surface area contributed by atoms with Crippen LogP contribution in [0.25, 0.3) is 10.7 Å². The molecule has 1 aliphatic heterocycles. The summed E-state index contributed by atoms with van der Waals surface area (Å²) < 4.78 is 5.11. The molecule has 0 radical (unpaired) electrons. The van der Waals surface area contributed by atoms with Gasteiger partial charge in [-0.05, 0) is 52.0 Å². The highest BCUT2D eigenvalue weighted by Crippen LogP contribution is 2.28. The number of rotatable bonds is 3. The molecule has 124 valence electrons. The summed E-state index contributed by atoms with van der Waals surface area (Å²) in [6, 6.07) is 3.88. The van der Waals surface area contributed by atoms with E-state index in [2.05, 4.69) is 48.5 Å². The first-order valence-electron chi connectivity index (χ1n) is 7.72. The van der Waals surface area contributed by atoms with Gasteiger partial charge < -0.3 is 15.2 Å². The molecule has 0 aromatic carbocycles. The van der Waals surface area contributed by atoms with Gasteiger partial charge in [0.2, 0.25) is 5.82 Å². The third-order valence-electron chi connectivity index (χ3n) is 3.89. The van der Waals surface area contributed by atoms with E-state index < -0.39 is 0 Å². The average Bonchev–Trinajstić information content (AvgIpc) is 3.06. The zero-order valence-corrected chi connectivity index (χ0v) is 14.7. The molecule has 1 amide bonds. The molecule has 2 N–H and O–H groups in total. The summed E-state index contributed by atoms with van der Waals surface area (Å²) in [5.74, 6) is 0.164. The second kappa shape index (κ2) is 5.72. The molecule has 7 heteroatoms. The highest BCUT2D eigenvalue weighted by atomic mass is 32.1. The van der Waals surface area contributed by atoms with Gasteiger partial charge >= 0.3 is 11.8 Å². The van der Waals surface area contributed by atoms with Gasteiger partial charge in [0.1, 0.15) is 0 Å². The van der Waals surface area contributed by atoms with Crippen molar-refractivity contribution in [1.82, 2.24) is 20.8 Å². The van der Waals surface area contributed by atoms with Gasteiger partial charge in [0.15, 0.2) is 0 Å². The summed E-state index contributed by atoms with van der Waals surface area (Å²) in [6.45, 7) is 8.59. The summed E-state index contributed by atoms with van der Waals surface area (Å²) in [4.78, 5) is 17.5. The minimum absolute atomic E-state index is 0.0162. The van der Waals surface area contributed by atoms with Gasteiger partial charge in [-0.3, -0.25) is 4.79 Å². The van der Waals surface area contributed by atoms with Crippen molar-refractivity contribution in [3.05, 3.63) is 23.4 Å². The first-order chi connectivity index (χ1) is 10.7. The predicted molar refractivity (Wildman–Crippen MR) is 89.4 cm³/mol. The van der Waals surface area contributed by atoms with Crippen molar-refractivity contribution in [2.75, 3.05) is 0 Å². The van der Waals surface area contributed by atoms with Crippen molar-refractivity contribution in [2.45, 2.75) is 57.7 Å². The molecular weight excluding hydrogens is 312 g/mol. The lowest BCUT2D eigenvalue weighted by molar-refractivity contribution is 0.0830. The lowest BCUT2D eigenvalue weighted by Gasteiger charge is -2.46. The average molecular weight is 334 g/mol. The van der Waals surface area contributed by atoms with Crippen LogP contribution in [0.1, 0.15) is 51.2 Å². The number of aromatic nitrogens is 2. The van der Waals surface area contributed by atoms with E-state index in [0.29, 0.717) is 5.82 Å². The van der Waals surface area contributed by atoms with Crippen molar-refractivity contribution in [3.8, 4) is 10.7 Å². The van der Waals surface area contributed by atoms with Crippen molar-refractivity contribution < 1.29 is 9.32 Å². The number of nitrogens with zero attached hydrogens (tertiary/aromatic N) is 2. The maximum absolute atomic E-state index is 12.4. The van der Waals surface area contributed by atoms with Crippen molar-refractivity contribution in [2.24, 2.45) is 0 Å². The minimum atomic E-state index is -0.307. The second-order valence-electron chi connectivity index (χ2n) is 7.37. The topological polar surface area (TPSA) is 80.1 Å². The zero-order valence-electron chi connectivity index (χ0n) is 13.8. The van der Waals surface area contributed by atoms with E-state index in [1.807, 2.05) is 17.5 Å². The number of thiophene rings is 1. The Kier molecular flexibility index (Phi) is 4.01. The van der Waals surface area contributed by atoms with Crippen molar-refractivity contribution in [3.63, 3.8) is 0 Å². The Morgan fingerprint density at radius 3 is 2.65 bits per heavy atom. The summed E-state index contributed by atoms with van der Waals surface area (Å²) in [5.41, 5.74) is -0.0622. The molecule has 0 atom stereocenters. The third kappa shape index (κ3) is 3.79. The Balaban J connectivity index is 1.69. The van der Waals surface area contributed by atoms with Crippen LogP contribution in [0.5, 0.6) is 0 Å². The molecule has 6 nitrogen and oxygen atoms in total. The molecule has 1 saturated heterocycles. The highest BCUT2D eigenvalue weighted by Gasteiger charge is 2.38. The van der Waals surface area contributed by atoms with Crippen molar-refractivity contribution in [1.29, 1.82) is 0 Å². The quantitative estimate of drug-likeness (QED) is 0.902. The first-order valence-corrected chi connectivity index (χ1v) is 8.60. The van der Waals surface area contributed by atoms with Gasteiger partial charge in [-0.25, -0.2) is 0 Å². The molecule has 0 saturated carbocycles. The van der Waals surface area contributed by atoms with E-state index in [1.165, 1.54) is 11.3 Å². The number of carbonyl (C=O) groups is 1. The Labute approximate surface area is 139 Å². The van der Waals surface area contributed by atoms with Gasteiger partial charge in [-0.2, -0.15) is 4.98 Å². The number of nitrogens with one attached hydrogen (secondary N) is 2. The third-order valence-corrected chi connectivity index (χ3v) is 4.75. The largest absolute Gasteiger partial charge is 0.345 e. The number of amides is 1. The second-order valence-corrected chi connectivity index (χ2v) is 8.32. The molecule has 0 unspecified atom stereocenters. The van der Waals surface area contributed by atoms with E-state index in [-0.39, 0.29) is 28.9 Å². The van der Waals surface area contributed by atoms with E-state index in [4.69, 9.17) is 4.52 Å². The van der Waals surface area contributed by atoms with Crippen LogP contribution in [0.3, 0.4) is 0 Å². The van der Waals surface area contributed by atoms with Crippen LogP contribution in [0.15, 0.2) is 22.0 Å². The van der Waals surface area contributed by atoms with E-state index in [0.717, 1.165) is 17.7 Å². The normalized spacial score (nSPS) is 20.3. The molecule has 0 bridgehead atoms. The van der Waals surface area contributed by atoms with Gasteiger partial charge in [0, 0.05) is 17.1 Å². The minimum Gasteiger partial charge on any atom is -0.345 e. The molecule has 0 aliphatic carbocycles. The highest BCUT2D eigenvalue weighted by molar-refractivity contribution is 7.13. The summed E-state index contributed by atoms with van der Waals surface area (Å²) >= 11 is 1.51. The van der Waals surface area contributed by atoms with Gasteiger partial charge in [-0.1, -0.05) is 11.2 Å². The Morgan fingerprint density at radius 2 is 2.04 bits per heavy atom. The Bertz CT molecular complexity index is 675. The molecule has 23 heavy (non-hydrogen) atoms. The SMILES string of the molecule is CC1(C)CC(NC(=O)c2nc(-c3cccs3)no2)CC(C)(C)N1. The molecule has 2 aromatic rings. The number of piperidine rings is 1. The van der Waals surface area contributed by atoms with Crippen LogP contribution >= 0.6 is 11.3 Å². The molecule has 1 aliphatic rings. The lowest BCUT2D eigenvalue weighted by atomic mass is 9.79. The number of carbonyl (C=O) groups excluding carboxylic acids is 1. The van der Waals surface area contributed by atoms with Crippen molar-refractivity contribution >= 4 is 17.2 Å². The molecule has 0 spiro atoms. The maximum atomic E-state index is 12.4. The van der Waals surface area contributed by atoms with Gasteiger partial charge in [0.05, 0.1) is 4.88 Å². The van der Waals surface area contributed by atoms with Crippen LogP contribution in [-0.2, 0) is 0 Å². The van der Waals surface area contributed by atoms with E-state index in [9.17, 15) is 4.79 Å². The summed E-state index contributed by atoms with van der Waals surface area (Å²) in [6.07, 6.45) is 1.71. The fraction of sp³-hybridized carbons (Fsp3) is 0.562. The smallest absolute Gasteiger partial charge is 0.316 e.